The predicted molar refractivity (Wildman–Crippen MR) is 97.2 cm³/mol. The summed E-state index contributed by atoms with van der Waals surface area (Å²) < 4.78 is 5.85. The van der Waals surface area contributed by atoms with Gasteiger partial charge in [-0.3, -0.25) is 4.79 Å². The summed E-state index contributed by atoms with van der Waals surface area (Å²) in [5, 5.41) is 8.85. The summed E-state index contributed by atoms with van der Waals surface area (Å²) in [4.78, 5) is 12.0. The number of amides is 1. The van der Waals surface area contributed by atoms with Crippen molar-refractivity contribution in [3.63, 3.8) is 0 Å². The topological polar surface area (TPSA) is 50.4 Å². The number of carbonyl (C=O) groups excluding carboxylic acids is 1. The molecule has 1 aliphatic rings. The first-order chi connectivity index (χ1) is 11.4. The van der Waals surface area contributed by atoms with Crippen LogP contribution < -0.4 is 15.4 Å². The van der Waals surface area contributed by atoms with Crippen LogP contribution in [0.25, 0.3) is 10.8 Å². The van der Waals surface area contributed by atoms with Crippen LogP contribution in [0, 0.1) is 0 Å². The Bertz CT molecular complexity index is 730. The summed E-state index contributed by atoms with van der Waals surface area (Å²) in [5.41, 5.74) is 0.878. The largest absolute Gasteiger partial charge is 0.483 e. The Kier molecular flexibility index (Phi) is 4.76. The Balaban J connectivity index is 1.77. The highest BCUT2D eigenvalue weighted by molar-refractivity contribution is 5.88. The lowest BCUT2D eigenvalue weighted by molar-refractivity contribution is -0.124. The van der Waals surface area contributed by atoms with E-state index in [1.54, 1.807) is 0 Å². The summed E-state index contributed by atoms with van der Waals surface area (Å²) in [5.74, 6) is 0.683. The second-order valence-corrected chi connectivity index (χ2v) is 7.51. The number of carbonyl (C=O) groups is 1. The van der Waals surface area contributed by atoms with Gasteiger partial charge in [0.2, 0.25) is 0 Å². The minimum atomic E-state index is -0.250. The van der Waals surface area contributed by atoms with Gasteiger partial charge in [0.15, 0.2) is 6.61 Å². The third-order valence-electron chi connectivity index (χ3n) is 4.02. The van der Waals surface area contributed by atoms with Crippen LogP contribution in [0.1, 0.15) is 39.2 Å². The van der Waals surface area contributed by atoms with Gasteiger partial charge in [-0.25, -0.2) is 0 Å². The van der Waals surface area contributed by atoms with Crippen molar-refractivity contribution in [2.45, 2.75) is 51.7 Å². The van der Waals surface area contributed by atoms with Crippen LogP contribution in [-0.4, -0.2) is 24.1 Å². The third-order valence-corrected chi connectivity index (χ3v) is 4.02. The van der Waals surface area contributed by atoms with Gasteiger partial charge in [0, 0.05) is 23.7 Å². The van der Waals surface area contributed by atoms with Crippen molar-refractivity contribution in [3.8, 4) is 5.75 Å². The number of nitrogens with one attached hydrogen (secondary N) is 2. The molecular formula is C20H26N2O2. The van der Waals surface area contributed by atoms with Crippen molar-refractivity contribution in [2.75, 3.05) is 6.61 Å². The van der Waals surface area contributed by atoms with E-state index in [9.17, 15) is 4.79 Å². The molecule has 1 saturated carbocycles. The second kappa shape index (κ2) is 6.81. The first-order valence-electron chi connectivity index (χ1n) is 8.60. The highest BCUT2D eigenvalue weighted by Gasteiger charge is 2.21. The van der Waals surface area contributed by atoms with E-state index in [4.69, 9.17) is 4.74 Å². The molecule has 2 aromatic rings. The van der Waals surface area contributed by atoms with Crippen LogP contribution in [0.3, 0.4) is 0 Å². The monoisotopic (exact) mass is 326 g/mol. The van der Waals surface area contributed by atoms with E-state index >= 15 is 0 Å². The van der Waals surface area contributed by atoms with Crippen LogP contribution >= 0.6 is 0 Å². The Morgan fingerprint density at radius 3 is 2.62 bits per heavy atom. The first-order valence-corrected chi connectivity index (χ1v) is 8.60. The molecule has 2 aromatic carbocycles. The van der Waals surface area contributed by atoms with Crippen LogP contribution in [0.2, 0.25) is 0 Å². The minimum absolute atomic E-state index is 0.0338. The van der Waals surface area contributed by atoms with E-state index in [0.29, 0.717) is 6.04 Å². The number of benzene rings is 2. The highest BCUT2D eigenvalue weighted by atomic mass is 16.5. The molecule has 0 aliphatic heterocycles. The molecule has 3 rings (SSSR count). The van der Waals surface area contributed by atoms with Crippen LogP contribution in [0.15, 0.2) is 36.4 Å². The van der Waals surface area contributed by atoms with Gasteiger partial charge >= 0.3 is 0 Å². The zero-order valence-corrected chi connectivity index (χ0v) is 14.7. The number of hydrogen-bond donors (Lipinski definition) is 2. The van der Waals surface area contributed by atoms with Crippen molar-refractivity contribution in [3.05, 3.63) is 42.0 Å². The van der Waals surface area contributed by atoms with Gasteiger partial charge < -0.3 is 15.4 Å². The molecule has 0 heterocycles. The number of hydrogen-bond acceptors (Lipinski definition) is 3. The normalized spacial score (nSPS) is 14.6. The molecule has 0 aromatic heterocycles. The average Bonchev–Trinajstić information content (AvgIpc) is 3.33. The molecule has 0 unspecified atom stereocenters. The van der Waals surface area contributed by atoms with E-state index in [-0.39, 0.29) is 18.1 Å². The molecule has 4 heteroatoms. The lowest BCUT2D eigenvalue weighted by atomic mass is 10.0. The average molecular weight is 326 g/mol. The molecule has 128 valence electrons. The van der Waals surface area contributed by atoms with Gasteiger partial charge in [0.25, 0.3) is 5.91 Å². The molecule has 4 nitrogen and oxygen atoms in total. The lowest BCUT2D eigenvalue weighted by Gasteiger charge is -2.21. The standard InChI is InChI=1S/C20H26N2O2/c1-20(2,3)22-19(23)13-24-18-11-8-14-6-4-5-7-16(14)17(18)12-21-15-9-10-15/h4-8,11,15,21H,9-10,12-13H2,1-3H3,(H,22,23). The molecule has 1 aliphatic carbocycles. The fourth-order valence-corrected chi connectivity index (χ4v) is 2.77. The molecule has 0 saturated heterocycles. The summed E-state index contributed by atoms with van der Waals surface area (Å²) >= 11 is 0. The zero-order valence-electron chi connectivity index (χ0n) is 14.7. The molecule has 24 heavy (non-hydrogen) atoms. The Hall–Kier alpha value is -2.07. The summed E-state index contributed by atoms with van der Waals surface area (Å²) in [7, 11) is 0. The maximum atomic E-state index is 12.0. The molecule has 1 fully saturated rings. The van der Waals surface area contributed by atoms with Crippen molar-refractivity contribution < 1.29 is 9.53 Å². The quantitative estimate of drug-likeness (QED) is 0.855. The van der Waals surface area contributed by atoms with Gasteiger partial charge in [0.05, 0.1) is 0 Å². The van der Waals surface area contributed by atoms with Crippen LogP contribution in [0.5, 0.6) is 5.75 Å². The van der Waals surface area contributed by atoms with E-state index < -0.39 is 0 Å². The SMILES string of the molecule is CC(C)(C)NC(=O)COc1ccc2ccccc2c1CNC1CC1. The first kappa shape index (κ1) is 16.8. The molecule has 1 amide bonds. The summed E-state index contributed by atoms with van der Waals surface area (Å²) in [6, 6.07) is 12.9. The maximum absolute atomic E-state index is 12.0. The number of fused-ring (bicyclic) bond motifs is 1. The van der Waals surface area contributed by atoms with E-state index in [0.717, 1.165) is 17.9 Å². The lowest BCUT2D eigenvalue weighted by Crippen LogP contribution is -2.43. The van der Waals surface area contributed by atoms with Crippen molar-refractivity contribution >= 4 is 16.7 Å². The summed E-state index contributed by atoms with van der Waals surface area (Å²) in [6.07, 6.45) is 2.49. The predicted octanol–water partition coefficient (Wildman–Crippen LogP) is 3.39. The van der Waals surface area contributed by atoms with Crippen molar-refractivity contribution in [1.82, 2.24) is 10.6 Å². The van der Waals surface area contributed by atoms with E-state index in [1.165, 1.54) is 23.6 Å². The van der Waals surface area contributed by atoms with Gasteiger partial charge in [-0.05, 0) is 50.5 Å². The number of ether oxygens (including phenoxy) is 1. The maximum Gasteiger partial charge on any atom is 0.258 e. The Morgan fingerprint density at radius 2 is 1.92 bits per heavy atom. The molecule has 0 radical (unpaired) electrons. The van der Waals surface area contributed by atoms with Crippen LogP contribution in [0.4, 0.5) is 0 Å². The van der Waals surface area contributed by atoms with Gasteiger partial charge in [-0.2, -0.15) is 0 Å². The molecule has 0 bridgehead atoms. The third kappa shape index (κ3) is 4.48. The van der Waals surface area contributed by atoms with Crippen molar-refractivity contribution in [1.29, 1.82) is 0 Å². The Labute approximate surface area is 143 Å². The highest BCUT2D eigenvalue weighted by Crippen LogP contribution is 2.29. The number of rotatable bonds is 6. The van der Waals surface area contributed by atoms with Gasteiger partial charge in [-0.15, -0.1) is 0 Å². The molecule has 2 N–H and O–H groups in total. The fraction of sp³-hybridized carbons (Fsp3) is 0.450. The smallest absolute Gasteiger partial charge is 0.258 e. The molecule has 0 atom stereocenters. The van der Waals surface area contributed by atoms with E-state index in [2.05, 4.69) is 22.8 Å². The Morgan fingerprint density at radius 1 is 1.17 bits per heavy atom. The fourth-order valence-electron chi connectivity index (χ4n) is 2.77. The van der Waals surface area contributed by atoms with Gasteiger partial charge in [0.1, 0.15) is 5.75 Å². The van der Waals surface area contributed by atoms with E-state index in [1.807, 2.05) is 45.0 Å². The molecular weight excluding hydrogens is 300 g/mol. The second-order valence-electron chi connectivity index (χ2n) is 7.51. The molecule has 0 spiro atoms. The van der Waals surface area contributed by atoms with Crippen molar-refractivity contribution in [2.24, 2.45) is 0 Å². The zero-order chi connectivity index (χ0) is 17.2. The van der Waals surface area contributed by atoms with Gasteiger partial charge in [-0.1, -0.05) is 30.3 Å². The van der Waals surface area contributed by atoms with Crippen LogP contribution in [-0.2, 0) is 11.3 Å². The minimum Gasteiger partial charge on any atom is -0.483 e. The summed E-state index contributed by atoms with van der Waals surface area (Å²) in [6.45, 7) is 6.69.